The van der Waals surface area contributed by atoms with Crippen molar-refractivity contribution < 1.29 is 26.3 Å². The van der Waals surface area contributed by atoms with E-state index in [1.165, 1.54) is 42.0 Å². The van der Waals surface area contributed by atoms with Crippen LogP contribution in [0.3, 0.4) is 0 Å². The molecule has 2 aromatic heterocycles. The van der Waals surface area contributed by atoms with E-state index in [9.17, 15) is 16.8 Å². The molecule has 2 aliphatic rings. The second-order valence-electron chi connectivity index (χ2n) is 14.3. The molecule has 0 unspecified atom stereocenters. The van der Waals surface area contributed by atoms with Crippen molar-refractivity contribution in [3.8, 4) is 22.5 Å². The predicted molar refractivity (Wildman–Crippen MR) is 241 cm³/mol. The first kappa shape index (κ1) is 45.7. The van der Waals surface area contributed by atoms with Crippen LogP contribution >= 0.6 is 33.4 Å². The van der Waals surface area contributed by atoms with Crippen LogP contribution in [0, 0.1) is 13.1 Å². The van der Waals surface area contributed by atoms with E-state index >= 15 is 0 Å². The van der Waals surface area contributed by atoms with Gasteiger partial charge in [0.25, 0.3) is 9.05 Å². The van der Waals surface area contributed by atoms with Crippen molar-refractivity contribution in [2.24, 2.45) is 5.73 Å². The molecule has 0 spiro atoms. The third-order valence-electron chi connectivity index (χ3n) is 10.4. The average molecular weight is 916 g/mol. The van der Waals surface area contributed by atoms with Gasteiger partial charge in [-0.25, -0.2) is 41.2 Å². The van der Waals surface area contributed by atoms with E-state index in [2.05, 4.69) is 31.9 Å². The number of nitrogens with zero attached hydrogens (tertiary/aromatic N) is 4. The lowest BCUT2D eigenvalue weighted by Gasteiger charge is -2.35. The highest BCUT2D eigenvalue weighted by Crippen LogP contribution is 2.39. The first-order chi connectivity index (χ1) is 29.4. The van der Waals surface area contributed by atoms with Crippen LogP contribution in [0.25, 0.3) is 32.2 Å². The normalized spacial score (nSPS) is 15.7. The van der Waals surface area contributed by atoms with Crippen LogP contribution in [-0.4, -0.2) is 66.3 Å². The largest absolute Gasteiger partial charge is 0.381 e. The molecule has 6 aromatic rings. The van der Waals surface area contributed by atoms with Crippen molar-refractivity contribution >= 4 is 63.8 Å². The molecule has 4 aromatic carbocycles. The predicted octanol–water partition coefficient (Wildman–Crippen LogP) is 9.37. The molecule has 4 heterocycles. The van der Waals surface area contributed by atoms with Gasteiger partial charge < -0.3 is 15.2 Å². The summed E-state index contributed by atoms with van der Waals surface area (Å²) in [6, 6.07) is 31.9. The summed E-state index contributed by atoms with van der Waals surface area (Å²) < 4.78 is 61.1. The maximum atomic E-state index is 12.9. The number of hydrogen-bond donors (Lipinski definition) is 2. The molecule has 0 atom stereocenters. The van der Waals surface area contributed by atoms with Gasteiger partial charge in [0.05, 0.1) is 34.3 Å². The molecule has 2 fully saturated rings. The summed E-state index contributed by atoms with van der Waals surface area (Å²) >= 11 is 3.29. The summed E-state index contributed by atoms with van der Waals surface area (Å²) in [5.74, 6) is 0. The van der Waals surface area contributed by atoms with Gasteiger partial charge in [-0.15, -0.1) is 22.7 Å². The fourth-order valence-electron chi connectivity index (χ4n) is 6.75. The SMILES string of the molecule is NCC1(c2nc(-c3ccccc3)cs2)CCOCC1.[C-]#[N+]c1cccc(S(=O)(=O)Cl)c1.[C-]#[N+]c1cccc(S(=O)(=O)NCC2(c3nc(-c4ccccc4)cs3)CCOCC2)c1. The smallest absolute Gasteiger partial charge is 0.260 e. The fraction of sp³-hybridized carbons (Fsp3) is 0.273. The molecule has 316 valence electrons. The van der Waals surface area contributed by atoms with E-state index in [1.807, 2.05) is 53.9 Å². The number of nitrogens with one attached hydrogen (secondary N) is 1. The van der Waals surface area contributed by atoms with E-state index in [-0.39, 0.29) is 27.4 Å². The zero-order valence-electron chi connectivity index (χ0n) is 32.9. The minimum absolute atomic E-state index is 0.0238. The van der Waals surface area contributed by atoms with E-state index in [1.54, 1.807) is 34.8 Å². The standard InChI is InChI=1S/C22H21N3O3S2.C15H18N2OS.C7H4ClNO2S/c1-23-18-8-5-9-19(14-18)30(26,27)24-16-22(10-12-28-13-11-22)21-25-20(15-29-21)17-6-3-2-4-7-17;16-11-15(6-8-18-9-7-15)14-17-13(10-19-14)12-4-2-1-3-5-12;1-9-6-3-2-4-7(5-6)12(8,10)11/h2-9,14-15,24H,10-13,16H2;1-5,10H,6-9,11,16H2;2-5H. The van der Waals surface area contributed by atoms with Gasteiger partial charge in [-0.1, -0.05) is 84.9 Å². The topological polar surface area (TPSA) is 159 Å². The Balaban J connectivity index is 0.000000171. The van der Waals surface area contributed by atoms with Crippen molar-refractivity contribution in [1.82, 2.24) is 14.7 Å². The minimum atomic E-state index is -3.74. The molecule has 61 heavy (non-hydrogen) atoms. The zero-order valence-corrected chi connectivity index (χ0v) is 37.0. The Hall–Kier alpha value is -4.85. The number of ether oxygens (including phenoxy) is 2. The molecule has 8 rings (SSSR count). The Morgan fingerprint density at radius 1 is 0.656 bits per heavy atom. The van der Waals surface area contributed by atoms with E-state index in [0.717, 1.165) is 53.0 Å². The molecule has 0 amide bonds. The second kappa shape index (κ2) is 20.8. The quantitative estimate of drug-likeness (QED) is 0.101. The molecule has 0 aliphatic carbocycles. The molecule has 2 saturated heterocycles. The summed E-state index contributed by atoms with van der Waals surface area (Å²) in [7, 11) is -2.39. The maximum absolute atomic E-state index is 12.9. The summed E-state index contributed by atoms with van der Waals surface area (Å²) in [6.45, 7) is 17.3. The van der Waals surface area contributed by atoms with Gasteiger partial charge in [0.2, 0.25) is 10.0 Å². The van der Waals surface area contributed by atoms with Gasteiger partial charge in [0.15, 0.2) is 11.4 Å². The summed E-state index contributed by atoms with van der Waals surface area (Å²) in [5, 5.41) is 6.24. The number of sulfonamides is 1. The maximum Gasteiger partial charge on any atom is 0.260 e. The van der Waals surface area contributed by atoms with Gasteiger partial charge in [-0.05, 0) is 49.9 Å². The highest BCUT2D eigenvalue weighted by atomic mass is 35.7. The molecule has 0 saturated carbocycles. The van der Waals surface area contributed by atoms with Gasteiger partial charge in [0, 0.05) is 82.9 Å². The van der Waals surface area contributed by atoms with Crippen LogP contribution in [0.4, 0.5) is 11.4 Å². The van der Waals surface area contributed by atoms with Crippen molar-refractivity contribution in [2.45, 2.75) is 46.3 Å². The lowest BCUT2D eigenvalue weighted by molar-refractivity contribution is 0.0516. The number of halogens is 1. The van der Waals surface area contributed by atoms with Crippen molar-refractivity contribution in [2.75, 3.05) is 39.5 Å². The van der Waals surface area contributed by atoms with Gasteiger partial charge in [0.1, 0.15) is 10.0 Å². The lowest BCUT2D eigenvalue weighted by Crippen LogP contribution is -2.44. The Bertz CT molecular complexity index is 2690. The molecule has 2 aliphatic heterocycles. The third kappa shape index (κ3) is 11.7. The number of rotatable bonds is 10. The molecule has 0 radical (unpaired) electrons. The number of hydrogen-bond acceptors (Lipinski definition) is 11. The fourth-order valence-corrected chi connectivity index (χ4v) is 10.9. The molecule has 3 N–H and O–H groups in total. The van der Waals surface area contributed by atoms with Crippen molar-refractivity contribution in [1.29, 1.82) is 0 Å². The first-order valence-electron chi connectivity index (χ1n) is 19.2. The van der Waals surface area contributed by atoms with Crippen LogP contribution in [0.1, 0.15) is 35.7 Å². The molecule has 0 bridgehead atoms. The Labute approximate surface area is 369 Å². The van der Waals surface area contributed by atoms with E-state index in [4.69, 9.17) is 49.0 Å². The van der Waals surface area contributed by atoms with Gasteiger partial charge >= 0.3 is 0 Å². The summed E-state index contributed by atoms with van der Waals surface area (Å²) in [5.41, 5.74) is 10.4. The number of aromatic nitrogens is 2. The van der Waals surface area contributed by atoms with Crippen LogP contribution in [0.2, 0.25) is 0 Å². The Kier molecular flexibility index (Phi) is 15.6. The van der Waals surface area contributed by atoms with Gasteiger partial charge in [-0.3, -0.25) is 0 Å². The third-order valence-corrected chi connectivity index (χ3v) is 15.4. The first-order valence-corrected chi connectivity index (χ1v) is 24.7. The lowest BCUT2D eigenvalue weighted by atomic mass is 9.81. The van der Waals surface area contributed by atoms with Crippen LogP contribution < -0.4 is 10.5 Å². The minimum Gasteiger partial charge on any atom is -0.381 e. The van der Waals surface area contributed by atoms with E-state index < -0.39 is 24.5 Å². The van der Waals surface area contributed by atoms with Crippen molar-refractivity contribution in [3.63, 3.8) is 0 Å². The Morgan fingerprint density at radius 3 is 1.56 bits per heavy atom. The van der Waals surface area contributed by atoms with Gasteiger partial charge in [-0.2, -0.15) is 0 Å². The highest BCUT2D eigenvalue weighted by molar-refractivity contribution is 8.13. The average Bonchev–Trinajstić information content (AvgIpc) is 4.03. The van der Waals surface area contributed by atoms with Crippen LogP contribution in [0.15, 0.2) is 130 Å². The monoisotopic (exact) mass is 914 g/mol. The van der Waals surface area contributed by atoms with Crippen LogP contribution in [0.5, 0.6) is 0 Å². The summed E-state index contributed by atoms with van der Waals surface area (Å²) in [4.78, 5) is 16.1. The number of thiazole rings is 2. The number of benzene rings is 4. The van der Waals surface area contributed by atoms with Crippen LogP contribution in [-0.2, 0) is 39.4 Å². The highest BCUT2D eigenvalue weighted by Gasteiger charge is 2.39. The van der Waals surface area contributed by atoms with Crippen molar-refractivity contribution in [3.05, 3.63) is 153 Å². The second-order valence-corrected chi connectivity index (χ2v) is 20.3. The zero-order chi connectivity index (χ0) is 43.4. The number of nitrogens with two attached hydrogens (primary N) is 1. The molecular formula is C44H43ClN6O6S4. The Morgan fingerprint density at radius 2 is 1.10 bits per heavy atom. The molecule has 17 heteroatoms. The van der Waals surface area contributed by atoms with E-state index in [0.29, 0.717) is 38.3 Å². The molecular weight excluding hydrogens is 872 g/mol. The molecule has 12 nitrogen and oxygen atoms in total. The summed E-state index contributed by atoms with van der Waals surface area (Å²) in [6.07, 6.45) is 3.34.